The molecule has 0 amide bonds. The Morgan fingerprint density at radius 1 is 1.26 bits per heavy atom. The zero-order valence-electron chi connectivity index (χ0n) is 11.1. The number of hydrogen-bond acceptors (Lipinski definition) is 4. The summed E-state index contributed by atoms with van der Waals surface area (Å²) in [5, 5.41) is 13.0. The molecule has 0 aliphatic carbocycles. The fraction of sp³-hybridized carbons (Fsp3) is 0.267. The van der Waals surface area contributed by atoms with Crippen LogP contribution in [0.25, 0.3) is 0 Å². The van der Waals surface area contributed by atoms with Gasteiger partial charge in [0.05, 0.1) is 24.9 Å². The predicted molar refractivity (Wildman–Crippen MR) is 75.3 cm³/mol. The van der Waals surface area contributed by atoms with Crippen LogP contribution in [0.3, 0.4) is 0 Å². The van der Waals surface area contributed by atoms with Crippen molar-refractivity contribution in [3.8, 4) is 5.75 Å². The Hall–Kier alpha value is -2.07. The number of rotatable bonds is 5. The Kier molecular flexibility index (Phi) is 4.02. The number of methoxy groups -OCH3 is 1. The van der Waals surface area contributed by atoms with Crippen molar-refractivity contribution in [2.24, 2.45) is 0 Å². The number of nitrogens with one attached hydrogen (secondary N) is 1. The van der Waals surface area contributed by atoms with E-state index in [1.807, 2.05) is 49.4 Å². The van der Waals surface area contributed by atoms with E-state index >= 15 is 0 Å². The topological polar surface area (TPSA) is 54.4 Å². The fourth-order valence-corrected chi connectivity index (χ4v) is 1.89. The third kappa shape index (κ3) is 3.03. The van der Waals surface area contributed by atoms with Crippen LogP contribution in [0.5, 0.6) is 5.75 Å². The van der Waals surface area contributed by atoms with Crippen molar-refractivity contribution in [1.82, 2.24) is 4.98 Å². The van der Waals surface area contributed by atoms with Gasteiger partial charge in [-0.25, -0.2) is 0 Å². The molecule has 1 atom stereocenters. The molecule has 4 nitrogen and oxygen atoms in total. The highest BCUT2D eigenvalue weighted by Crippen LogP contribution is 2.26. The molecule has 0 spiro atoms. The summed E-state index contributed by atoms with van der Waals surface area (Å²) in [5.41, 5.74) is 1.04. The first-order chi connectivity index (χ1) is 9.18. The van der Waals surface area contributed by atoms with Gasteiger partial charge in [0.1, 0.15) is 5.75 Å². The van der Waals surface area contributed by atoms with Gasteiger partial charge in [0.25, 0.3) is 0 Å². The molecule has 4 heteroatoms. The minimum absolute atomic E-state index is 0.0543. The standard InChI is InChI=1S/C15H18N2O2/c1-15(11-18,14-8-3-4-9-16-14)17-12-6-5-7-13(10-12)19-2/h3-10,17-18H,11H2,1-2H3. The second-order valence-corrected chi connectivity index (χ2v) is 4.56. The number of benzene rings is 1. The van der Waals surface area contributed by atoms with Gasteiger partial charge in [0, 0.05) is 18.0 Å². The lowest BCUT2D eigenvalue weighted by molar-refractivity contribution is 0.221. The molecule has 0 radical (unpaired) electrons. The van der Waals surface area contributed by atoms with E-state index < -0.39 is 5.54 Å². The fourth-order valence-electron chi connectivity index (χ4n) is 1.89. The van der Waals surface area contributed by atoms with E-state index in [1.165, 1.54) is 0 Å². The number of ether oxygens (including phenoxy) is 1. The molecule has 100 valence electrons. The van der Waals surface area contributed by atoms with E-state index in [0.717, 1.165) is 17.1 Å². The van der Waals surface area contributed by atoms with E-state index in [1.54, 1.807) is 13.3 Å². The van der Waals surface area contributed by atoms with E-state index in [4.69, 9.17) is 4.74 Å². The summed E-state index contributed by atoms with van der Waals surface area (Å²) in [6.07, 6.45) is 1.72. The first-order valence-electron chi connectivity index (χ1n) is 6.12. The summed E-state index contributed by atoms with van der Waals surface area (Å²) < 4.78 is 5.19. The van der Waals surface area contributed by atoms with Gasteiger partial charge in [0.15, 0.2) is 0 Å². The molecule has 0 saturated carbocycles. The van der Waals surface area contributed by atoms with Crippen molar-refractivity contribution in [2.45, 2.75) is 12.5 Å². The highest BCUT2D eigenvalue weighted by atomic mass is 16.5. The molecule has 0 bridgehead atoms. The number of nitrogens with zero attached hydrogens (tertiary/aromatic N) is 1. The zero-order valence-corrected chi connectivity index (χ0v) is 11.1. The summed E-state index contributed by atoms with van der Waals surface area (Å²) in [7, 11) is 1.63. The molecule has 0 aliphatic rings. The summed E-state index contributed by atoms with van der Waals surface area (Å²) in [4.78, 5) is 4.31. The molecule has 0 saturated heterocycles. The van der Waals surface area contributed by atoms with E-state index in [-0.39, 0.29) is 6.61 Å². The largest absolute Gasteiger partial charge is 0.497 e. The second kappa shape index (κ2) is 5.71. The number of aliphatic hydroxyl groups excluding tert-OH is 1. The van der Waals surface area contributed by atoms with Crippen LogP contribution < -0.4 is 10.1 Å². The average molecular weight is 258 g/mol. The van der Waals surface area contributed by atoms with Gasteiger partial charge in [-0.1, -0.05) is 12.1 Å². The molecule has 0 fully saturated rings. The lowest BCUT2D eigenvalue weighted by Gasteiger charge is -2.29. The van der Waals surface area contributed by atoms with Crippen LogP contribution in [0.2, 0.25) is 0 Å². The average Bonchev–Trinajstić information content (AvgIpc) is 2.48. The normalized spacial score (nSPS) is 13.6. The first kappa shape index (κ1) is 13.4. The second-order valence-electron chi connectivity index (χ2n) is 4.56. The van der Waals surface area contributed by atoms with Crippen LogP contribution in [0.4, 0.5) is 5.69 Å². The summed E-state index contributed by atoms with van der Waals surface area (Å²) in [6.45, 7) is 1.86. The van der Waals surface area contributed by atoms with Crippen molar-refractivity contribution >= 4 is 5.69 Å². The van der Waals surface area contributed by atoms with Gasteiger partial charge in [-0.05, 0) is 31.2 Å². The SMILES string of the molecule is COc1cccc(NC(C)(CO)c2ccccn2)c1. The maximum atomic E-state index is 9.69. The van der Waals surface area contributed by atoms with Gasteiger partial charge >= 0.3 is 0 Å². The van der Waals surface area contributed by atoms with Crippen molar-refractivity contribution in [2.75, 3.05) is 19.0 Å². The molecule has 1 heterocycles. The molecular weight excluding hydrogens is 240 g/mol. The molecule has 1 aromatic heterocycles. The lowest BCUT2D eigenvalue weighted by atomic mass is 9.97. The number of pyridine rings is 1. The minimum Gasteiger partial charge on any atom is -0.497 e. The van der Waals surface area contributed by atoms with Crippen LogP contribution in [-0.2, 0) is 5.54 Å². The number of hydrogen-bond donors (Lipinski definition) is 2. The van der Waals surface area contributed by atoms with E-state index in [2.05, 4.69) is 10.3 Å². The lowest BCUT2D eigenvalue weighted by Crippen LogP contribution is -2.36. The van der Waals surface area contributed by atoms with Gasteiger partial charge in [0.2, 0.25) is 0 Å². The smallest absolute Gasteiger partial charge is 0.120 e. The Bertz CT molecular complexity index is 531. The summed E-state index contributed by atoms with van der Waals surface area (Å²) >= 11 is 0. The molecule has 2 N–H and O–H groups in total. The molecule has 0 aliphatic heterocycles. The molecule has 1 aromatic carbocycles. The first-order valence-corrected chi connectivity index (χ1v) is 6.12. The van der Waals surface area contributed by atoms with E-state index in [9.17, 15) is 5.11 Å². The molecular formula is C15H18N2O2. The van der Waals surface area contributed by atoms with Crippen molar-refractivity contribution < 1.29 is 9.84 Å². The van der Waals surface area contributed by atoms with Crippen LogP contribution >= 0.6 is 0 Å². The van der Waals surface area contributed by atoms with Crippen LogP contribution in [-0.4, -0.2) is 23.8 Å². The monoisotopic (exact) mass is 258 g/mol. The van der Waals surface area contributed by atoms with Crippen molar-refractivity contribution in [3.63, 3.8) is 0 Å². The Morgan fingerprint density at radius 3 is 2.74 bits per heavy atom. The number of anilines is 1. The minimum atomic E-state index is -0.631. The maximum Gasteiger partial charge on any atom is 0.120 e. The van der Waals surface area contributed by atoms with Crippen molar-refractivity contribution in [1.29, 1.82) is 0 Å². The Balaban J connectivity index is 2.27. The number of aromatic nitrogens is 1. The highest BCUT2D eigenvalue weighted by Gasteiger charge is 2.26. The molecule has 19 heavy (non-hydrogen) atoms. The highest BCUT2D eigenvalue weighted by molar-refractivity contribution is 5.51. The van der Waals surface area contributed by atoms with Crippen LogP contribution in [0.15, 0.2) is 48.7 Å². The summed E-state index contributed by atoms with van der Waals surface area (Å²) in [5.74, 6) is 0.770. The summed E-state index contributed by atoms with van der Waals surface area (Å²) in [6, 6.07) is 13.2. The Morgan fingerprint density at radius 2 is 2.11 bits per heavy atom. The van der Waals surface area contributed by atoms with Crippen LogP contribution in [0.1, 0.15) is 12.6 Å². The Labute approximate surface area is 113 Å². The number of aliphatic hydroxyl groups is 1. The van der Waals surface area contributed by atoms with E-state index in [0.29, 0.717) is 0 Å². The van der Waals surface area contributed by atoms with Gasteiger partial charge in [-0.15, -0.1) is 0 Å². The third-order valence-electron chi connectivity index (χ3n) is 3.04. The van der Waals surface area contributed by atoms with Crippen molar-refractivity contribution in [3.05, 3.63) is 54.4 Å². The van der Waals surface area contributed by atoms with Gasteiger partial charge in [-0.2, -0.15) is 0 Å². The molecule has 1 unspecified atom stereocenters. The quantitative estimate of drug-likeness (QED) is 0.864. The third-order valence-corrected chi connectivity index (χ3v) is 3.04. The predicted octanol–water partition coefficient (Wildman–Crippen LogP) is 2.41. The molecule has 2 rings (SSSR count). The van der Waals surface area contributed by atoms with Gasteiger partial charge < -0.3 is 15.2 Å². The van der Waals surface area contributed by atoms with Crippen LogP contribution in [0, 0.1) is 0 Å². The molecule has 2 aromatic rings. The van der Waals surface area contributed by atoms with Gasteiger partial charge in [-0.3, -0.25) is 4.98 Å². The maximum absolute atomic E-state index is 9.69. The zero-order chi connectivity index (χ0) is 13.7.